The predicted molar refractivity (Wildman–Crippen MR) is 121 cm³/mol. The minimum atomic E-state index is -3.77. The Balaban J connectivity index is 1.85. The summed E-state index contributed by atoms with van der Waals surface area (Å²) in [4.78, 5) is 4.34. The lowest BCUT2D eigenvalue weighted by atomic mass is 10.1. The molecule has 1 aromatic carbocycles. The van der Waals surface area contributed by atoms with Crippen molar-refractivity contribution in [3.05, 3.63) is 70.5 Å². The van der Waals surface area contributed by atoms with Crippen LogP contribution < -0.4 is 0 Å². The molecule has 3 heterocycles. The van der Waals surface area contributed by atoms with Gasteiger partial charge in [-0.05, 0) is 45.6 Å². The predicted octanol–water partition coefficient (Wildman–Crippen LogP) is 3.23. The van der Waals surface area contributed by atoms with Crippen LogP contribution in [0.3, 0.4) is 0 Å². The molecular weight excluding hydrogens is 490 g/mol. The molecule has 0 amide bonds. The van der Waals surface area contributed by atoms with Crippen molar-refractivity contribution in [1.82, 2.24) is 13.3 Å². The number of benzene rings is 1. The first-order chi connectivity index (χ1) is 14.2. The molecule has 30 heavy (non-hydrogen) atoms. The van der Waals surface area contributed by atoms with Crippen molar-refractivity contribution < 1.29 is 16.8 Å². The fourth-order valence-electron chi connectivity index (χ4n) is 3.58. The number of nitrogens with zero attached hydrogens (tertiary/aromatic N) is 3. The van der Waals surface area contributed by atoms with E-state index in [2.05, 4.69) is 20.9 Å². The molecule has 7 nitrogen and oxygen atoms in total. The van der Waals surface area contributed by atoms with Crippen molar-refractivity contribution >= 4 is 52.6 Å². The Labute approximate surface area is 184 Å². The Bertz CT molecular complexity index is 1350. The lowest BCUT2D eigenvalue weighted by molar-refractivity contribution is 0.445. The molecule has 1 aliphatic rings. The summed E-state index contributed by atoms with van der Waals surface area (Å²) >= 11 is 3.48. The SMILES string of the molecule is CS(=O)(=O)N1CC=C(c2cc3c(Br)ccnc3n2S(=O)(=O)Cc2ccccc2)CC1. The summed E-state index contributed by atoms with van der Waals surface area (Å²) in [7, 11) is -7.07. The van der Waals surface area contributed by atoms with Crippen LogP contribution in [-0.4, -0.2) is 49.4 Å². The molecule has 0 N–H and O–H groups in total. The molecule has 0 saturated heterocycles. The van der Waals surface area contributed by atoms with Crippen molar-refractivity contribution in [1.29, 1.82) is 0 Å². The van der Waals surface area contributed by atoms with Gasteiger partial charge in [0.2, 0.25) is 20.0 Å². The highest BCUT2D eigenvalue weighted by molar-refractivity contribution is 9.10. The standard InChI is InChI=1S/C20H20BrN3O4S2/c1-29(25,26)23-11-8-16(9-12-23)19-13-17-18(21)7-10-22-20(17)24(19)30(27,28)14-15-5-3-2-4-6-15/h2-8,10,13H,9,11-12,14H2,1H3. The van der Waals surface area contributed by atoms with Crippen LogP contribution in [0.1, 0.15) is 17.7 Å². The quantitative estimate of drug-likeness (QED) is 0.526. The number of hydrogen-bond donors (Lipinski definition) is 0. The highest BCUT2D eigenvalue weighted by Crippen LogP contribution is 2.33. The Morgan fingerprint density at radius 2 is 1.83 bits per heavy atom. The van der Waals surface area contributed by atoms with Crippen LogP contribution >= 0.6 is 15.9 Å². The topological polar surface area (TPSA) is 89.3 Å². The molecule has 0 saturated carbocycles. The molecule has 0 radical (unpaired) electrons. The van der Waals surface area contributed by atoms with Gasteiger partial charge in [0.05, 0.1) is 17.7 Å². The molecule has 2 aromatic heterocycles. The maximum atomic E-state index is 13.4. The van der Waals surface area contributed by atoms with Gasteiger partial charge in [-0.3, -0.25) is 0 Å². The van der Waals surface area contributed by atoms with Gasteiger partial charge in [-0.25, -0.2) is 25.8 Å². The van der Waals surface area contributed by atoms with Gasteiger partial charge in [0.15, 0.2) is 5.65 Å². The first-order valence-corrected chi connectivity index (χ1v) is 13.5. The van der Waals surface area contributed by atoms with E-state index in [-0.39, 0.29) is 12.3 Å². The largest absolute Gasteiger partial charge is 0.244 e. The lowest BCUT2D eigenvalue weighted by Gasteiger charge is -2.24. The molecule has 0 atom stereocenters. The lowest BCUT2D eigenvalue weighted by Crippen LogP contribution is -2.34. The summed E-state index contributed by atoms with van der Waals surface area (Å²) in [6.07, 6.45) is 4.93. The maximum absolute atomic E-state index is 13.4. The normalized spacial score (nSPS) is 16.0. The average molecular weight is 510 g/mol. The molecule has 10 heteroatoms. The molecule has 0 fully saturated rings. The Morgan fingerprint density at radius 3 is 2.47 bits per heavy atom. The zero-order valence-corrected chi connectivity index (χ0v) is 19.4. The van der Waals surface area contributed by atoms with Gasteiger partial charge in [0.25, 0.3) is 0 Å². The van der Waals surface area contributed by atoms with Crippen LogP contribution in [0.15, 0.2) is 59.2 Å². The van der Waals surface area contributed by atoms with Gasteiger partial charge >= 0.3 is 0 Å². The number of fused-ring (bicyclic) bond motifs is 1. The summed E-state index contributed by atoms with van der Waals surface area (Å²) in [5.41, 5.74) is 2.34. The molecule has 0 aliphatic carbocycles. The molecule has 0 bridgehead atoms. The van der Waals surface area contributed by atoms with Gasteiger partial charge in [-0.1, -0.05) is 36.4 Å². The Kier molecular flexibility index (Phi) is 5.60. The zero-order chi connectivity index (χ0) is 21.5. The third-order valence-electron chi connectivity index (χ3n) is 5.05. The van der Waals surface area contributed by atoms with Crippen LogP contribution in [0.5, 0.6) is 0 Å². The minimum absolute atomic E-state index is 0.165. The van der Waals surface area contributed by atoms with Crippen LogP contribution in [-0.2, 0) is 25.8 Å². The summed E-state index contributed by atoms with van der Waals surface area (Å²) in [6, 6.07) is 12.6. The highest BCUT2D eigenvalue weighted by atomic mass is 79.9. The van der Waals surface area contributed by atoms with Crippen LogP contribution in [0.2, 0.25) is 0 Å². The van der Waals surface area contributed by atoms with Crippen molar-refractivity contribution in [2.45, 2.75) is 12.2 Å². The molecule has 4 rings (SSSR count). The first kappa shape index (κ1) is 21.2. The van der Waals surface area contributed by atoms with E-state index >= 15 is 0 Å². The average Bonchev–Trinajstić information content (AvgIpc) is 3.10. The van der Waals surface area contributed by atoms with Crippen molar-refractivity contribution in [2.75, 3.05) is 19.3 Å². The number of hydrogen-bond acceptors (Lipinski definition) is 5. The number of aromatic nitrogens is 2. The summed E-state index contributed by atoms with van der Waals surface area (Å²) < 4.78 is 54.0. The van der Waals surface area contributed by atoms with E-state index in [0.29, 0.717) is 35.3 Å². The van der Waals surface area contributed by atoms with E-state index in [1.807, 2.05) is 6.07 Å². The smallest absolute Gasteiger partial charge is 0.237 e. The van der Waals surface area contributed by atoms with E-state index < -0.39 is 20.0 Å². The van der Waals surface area contributed by atoms with Gasteiger partial charge in [0.1, 0.15) is 0 Å². The molecule has 0 spiro atoms. The molecule has 0 unspecified atom stereocenters. The third kappa shape index (κ3) is 4.09. The van der Waals surface area contributed by atoms with Crippen LogP contribution in [0.4, 0.5) is 0 Å². The van der Waals surface area contributed by atoms with E-state index in [4.69, 9.17) is 0 Å². The maximum Gasteiger partial charge on any atom is 0.244 e. The molecule has 3 aromatic rings. The molecule has 1 aliphatic heterocycles. The van der Waals surface area contributed by atoms with Crippen molar-refractivity contribution in [2.24, 2.45) is 0 Å². The monoisotopic (exact) mass is 509 g/mol. The van der Waals surface area contributed by atoms with Gasteiger partial charge in [0, 0.05) is 29.1 Å². The van der Waals surface area contributed by atoms with Gasteiger partial charge < -0.3 is 0 Å². The van der Waals surface area contributed by atoms with Crippen LogP contribution in [0, 0.1) is 0 Å². The minimum Gasteiger partial charge on any atom is -0.237 e. The second kappa shape index (κ2) is 7.92. The number of sulfonamides is 1. The second-order valence-electron chi connectivity index (χ2n) is 7.17. The Hall–Kier alpha value is -2.01. The molecule has 158 valence electrons. The van der Waals surface area contributed by atoms with E-state index in [9.17, 15) is 16.8 Å². The van der Waals surface area contributed by atoms with Gasteiger partial charge in [-0.15, -0.1) is 0 Å². The van der Waals surface area contributed by atoms with E-state index in [1.165, 1.54) is 14.5 Å². The van der Waals surface area contributed by atoms with E-state index in [1.54, 1.807) is 48.7 Å². The van der Waals surface area contributed by atoms with Gasteiger partial charge in [-0.2, -0.15) is 4.31 Å². The Morgan fingerprint density at radius 1 is 1.10 bits per heavy atom. The fraction of sp³-hybridized carbons (Fsp3) is 0.250. The number of rotatable bonds is 5. The molecular formula is C20H20BrN3O4S2. The summed E-state index contributed by atoms with van der Waals surface area (Å²) in [5.74, 6) is -0.165. The first-order valence-electron chi connectivity index (χ1n) is 9.24. The van der Waals surface area contributed by atoms with Crippen molar-refractivity contribution in [3.8, 4) is 0 Å². The number of pyridine rings is 1. The summed E-state index contributed by atoms with van der Waals surface area (Å²) in [6.45, 7) is 0.516. The second-order valence-corrected chi connectivity index (χ2v) is 11.8. The number of halogens is 1. The highest BCUT2D eigenvalue weighted by Gasteiger charge is 2.27. The van der Waals surface area contributed by atoms with Crippen molar-refractivity contribution in [3.63, 3.8) is 0 Å². The fourth-order valence-corrected chi connectivity index (χ4v) is 6.38. The van der Waals surface area contributed by atoms with E-state index in [0.717, 1.165) is 10.0 Å². The van der Waals surface area contributed by atoms with Crippen LogP contribution in [0.25, 0.3) is 16.6 Å². The third-order valence-corrected chi connectivity index (χ3v) is 8.63. The zero-order valence-electron chi connectivity index (χ0n) is 16.2. The summed E-state index contributed by atoms with van der Waals surface area (Å²) in [5, 5.41) is 0.690.